The maximum atomic E-state index is 12.9. The van der Waals surface area contributed by atoms with Gasteiger partial charge in [-0.1, -0.05) is 191 Å². The summed E-state index contributed by atoms with van der Waals surface area (Å²) in [5.74, 6) is -0.215. The molecule has 0 aromatic rings. The van der Waals surface area contributed by atoms with Crippen molar-refractivity contribution >= 4 is 13.7 Å². The molecule has 0 aromatic heterocycles. The lowest BCUT2D eigenvalue weighted by atomic mass is 10.0. The standard InChI is InChI=1S/C51H97N2O6P/c1-6-8-10-12-14-16-18-20-21-22-23-24-25-26-27-28-29-30-31-33-35-37-39-41-43-45-51(55)52-49(48-59-60(56,57)58-47-46-53(3,4)5)50(54)44-42-40-38-36-34-32-19-17-15-13-11-9-7-2/h15,17,26-27,34,36,42,44,49-50,54H,6-14,16,18-25,28-33,35,37-41,43,45-48H2,1-5H3,(H-,52,55,56,57)/b17-15+,27-26-,36-34+,44-42+. The molecule has 9 heteroatoms. The monoisotopic (exact) mass is 865 g/mol. The first-order valence-corrected chi connectivity index (χ1v) is 26.5. The van der Waals surface area contributed by atoms with E-state index in [1.165, 1.54) is 148 Å². The van der Waals surface area contributed by atoms with Crippen molar-refractivity contribution in [3.8, 4) is 0 Å². The molecule has 0 rings (SSSR count). The number of carbonyl (C=O) groups excluding carboxylic acids is 1. The summed E-state index contributed by atoms with van der Waals surface area (Å²) >= 11 is 0. The van der Waals surface area contributed by atoms with E-state index in [0.29, 0.717) is 17.4 Å². The molecule has 0 saturated heterocycles. The van der Waals surface area contributed by atoms with Crippen LogP contribution in [-0.4, -0.2) is 68.5 Å². The topological polar surface area (TPSA) is 108 Å². The van der Waals surface area contributed by atoms with Gasteiger partial charge in [-0.25, -0.2) is 0 Å². The number of hydrogen-bond donors (Lipinski definition) is 2. The minimum Gasteiger partial charge on any atom is -0.756 e. The Morgan fingerprint density at radius 3 is 1.38 bits per heavy atom. The van der Waals surface area contributed by atoms with E-state index in [0.717, 1.165) is 51.4 Å². The Labute approximate surface area is 371 Å². The molecule has 0 fully saturated rings. The Hall–Kier alpha value is -1.54. The van der Waals surface area contributed by atoms with Crippen LogP contribution in [0.15, 0.2) is 48.6 Å². The van der Waals surface area contributed by atoms with Crippen molar-refractivity contribution < 1.29 is 32.9 Å². The minimum absolute atomic E-state index is 0.0102. The molecule has 8 nitrogen and oxygen atoms in total. The van der Waals surface area contributed by atoms with Gasteiger partial charge >= 0.3 is 0 Å². The predicted molar refractivity (Wildman–Crippen MR) is 256 cm³/mol. The van der Waals surface area contributed by atoms with Crippen LogP contribution in [-0.2, 0) is 18.4 Å². The molecule has 3 unspecified atom stereocenters. The van der Waals surface area contributed by atoms with E-state index in [1.54, 1.807) is 6.08 Å². The summed E-state index contributed by atoms with van der Waals surface area (Å²) in [6.07, 6.45) is 54.6. The second kappa shape index (κ2) is 42.7. The summed E-state index contributed by atoms with van der Waals surface area (Å²) < 4.78 is 23.2. The number of amides is 1. The second-order valence-corrected chi connectivity index (χ2v) is 19.6. The molecule has 0 heterocycles. The van der Waals surface area contributed by atoms with Crippen LogP contribution < -0.4 is 10.2 Å². The average Bonchev–Trinajstić information content (AvgIpc) is 3.20. The van der Waals surface area contributed by atoms with Gasteiger partial charge in [0.1, 0.15) is 13.2 Å². The Morgan fingerprint density at radius 1 is 0.567 bits per heavy atom. The fourth-order valence-electron chi connectivity index (χ4n) is 7.00. The molecule has 1 amide bonds. The number of aliphatic hydroxyl groups excluding tert-OH is 1. The third-order valence-corrected chi connectivity index (χ3v) is 12.0. The number of quaternary nitrogens is 1. The smallest absolute Gasteiger partial charge is 0.268 e. The van der Waals surface area contributed by atoms with E-state index in [1.807, 2.05) is 27.2 Å². The number of likely N-dealkylation sites (N-methyl/N-ethyl adjacent to an activating group) is 1. The number of carbonyl (C=O) groups is 1. The van der Waals surface area contributed by atoms with Crippen LogP contribution in [0, 0.1) is 0 Å². The normalized spacial score (nSPS) is 14.6. The van der Waals surface area contributed by atoms with E-state index in [-0.39, 0.29) is 12.5 Å². The van der Waals surface area contributed by atoms with Crippen molar-refractivity contribution in [3.63, 3.8) is 0 Å². The summed E-state index contributed by atoms with van der Waals surface area (Å²) in [6, 6.07) is -0.910. The van der Waals surface area contributed by atoms with Crippen molar-refractivity contribution in [2.75, 3.05) is 40.9 Å². The van der Waals surface area contributed by atoms with E-state index in [2.05, 4.69) is 55.6 Å². The highest BCUT2D eigenvalue weighted by molar-refractivity contribution is 7.45. The number of hydrogen-bond acceptors (Lipinski definition) is 6. The molecule has 0 bridgehead atoms. The van der Waals surface area contributed by atoms with Gasteiger partial charge in [0.25, 0.3) is 7.82 Å². The Kier molecular flexibility index (Phi) is 41.6. The summed E-state index contributed by atoms with van der Waals surface area (Å²) in [6.45, 7) is 4.59. The van der Waals surface area contributed by atoms with Gasteiger partial charge in [0.15, 0.2) is 0 Å². The molecule has 2 N–H and O–H groups in total. The van der Waals surface area contributed by atoms with Gasteiger partial charge in [-0.3, -0.25) is 9.36 Å². The van der Waals surface area contributed by atoms with Gasteiger partial charge in [0.05, 0.1) is 39.9 Å². The Morgan fingerprint density at radius 2 is 0.933 bits per heavy atom. The highest BCUT2D eigenvalue weighted by atomic mass is 31.2. The van der Waals surface area contributed by atoms with Crippen LogP contribution in [0.25, 0.3) is 0 Å². The third kappa shape index (κ3) is 44.5. The first kappa shape index (κ1) is 58.5. The number of phosphoric ester groups is 1. The van der Waals surface area contributed by atoms with Crippen LogP contribution in [0.2, 0.25) is 0 Å². The van der Waals surface area contributed by atoms with Crippen LogP contribution in [0.5, 0.6) is 0 Å². The van der Waals surface area contributed by atoms with Crippen molar-refractivity contribution in [1.82, 2.24) is 5.32 Å². The molecule has 0 aromatic carbocycles. The fraction of sp³-hybridized carbons (Fsp3) is 0.824. The zero-order chi connectivity index (χ0) is 44.3. The number of allylic oxidation sites excluding steroid dienone is 7. The van der Waals surface area contributed by atoms with E-state index in [4.69, 9.17) is 9.05 Å². The quantitative estimate of drug-likeness (QED) is 0.0273. The van der Waals surface area contributed by atoms with Crippen LogP contribution >= 0.6 is 7.82 Å². The molecule has 0 aliphatic carbocycles. The summed E-state index contributed by atoms with van der Waals surface area (Å²) in [4.78, 5) is 25.3. The van der Waals surface area contributed by atoms with Gasteiger partial charge in [-0.2, -0.15) is 0 Å². The SMILES string of the molecule is CCCCC/C=C/CC/C=C/CC/C=C/C(O)C(COP(=O)([O-])OCC[N+](C)(C)C)NC(=O)CCCCCCCCCCC/C=C\CCCCCCCCCCCCCC. The van der Waals surface area contributed by atoms with Crippen LogP contribution in [0.1, 0.15) is 219 Å². The lowest BCUT2D eigenvalue weighted by molar-refractivity contribution is -0.870. The third-order valence-electron chi connectivity index (χ3n) is 11.0. The van der Waals surface area contributed by atoms with Gasteiger partial charge in [-0.05, 0) is 70.6 Å². The summed E-state index contributed by atoms with van der Waals surface area (Å²) in [7, 11) is 1.23. The predicted octanol–water partition coefficient (Wildman–Crippen LogP) is 13.8. The fourth-order valence-corrected chi connectivity index (χ4v) is 7.73. The highest BCUT2D eigenvalue weighted by Gasteiger charge is 2.23. The van der Waals surface area contributed by atoms with Crippen LogP contribution in [0.4, 0.5) is 0 Å². The van der Waals surface area contributed by atoms with Gasteiger partial charge in [0, 0.05) is 6.42 Å². The highest BCUT2D eigenvalue weighted by Crippen LogP contribution is 2.38. The van der Waals surface area contributed by atoms with E-state index < -0.39 is 26.6 Å². The van der Waals surface area contributed by atoms with Crippen molar-refractivity contribution in [2.24, 2.45) is 0 Å². The Bertz CT molecular complexity index is 1120. The van der Waals surface area contributed by atoms with Crippen molar-refractivity contribution in [2.45, 2.75) is 231 Å². The molecule has 60 heavy (non-hydrogen) atoms. The lowest BCUT2D eigenvalue weighted by Crippen LogP contribution is -2.45. The van der Waals surface area contributed by atoms with Crippen molar-refractivity contribution in [3.05, 3.63) is 48.6 Å². The number of phosphoric acid groups is 1. The number of nitrogens with one attached hydrogen (secondary N) is 1. The average molecular weight is 865 g/mol. The molecule has 3 atom stereocenters. The maximum absolute atomic E-state index is 12.9. The molecule has 0 saturated carbocycles. The summed E-state index contributed by atoms with van der Waals surface area (Å²) in [5, 5.41) is 13.8. The van der Waals surface area contributed by atoms with E-state index >= 15 is 0 Å². The molecule has 0 spiro atoms. The van der Waals surface area contributed by atoms with Gasteiger partial charge < -0.3 is 28.8 Å². The lowest BCUT2D eigenvalue weighted by Gasteiger charge is -2.29. The van der Waals surface area contributed by atoms with E-state index in [9.17, 15) is 19.4 Å². The summed E-state index contributed by atoms with van der Waals surface area (Å²) in [5.41, 5.74) is 0. The molecular weight excluding hydrogens is 768 g/mol. The number of aliphatic hydroxyl groups is 1. The molecule has 0 radical (unpaired) electrons. The first-order valence-electron chi connectivity index (χ1n) is 25.0. The minimum atomic E-state index is -4.60. The first-order chi connectivity index (χ1) is 29.0. The molecular formula is C51H97N2O6P. The van der Waals surface area contributed by atoms with Gasteiger partial charge in [0.2, 0.25) is 5.91 Å². The zero-order valence-electron chi connectivity index (χ0n) is 39.9. The Balaban J connectivity index is 4.25. The number of rotatable bonds is 45. The number of unbranched alkanes of at least 4 members (excludes halogenated alkanes) is 26. The zero-order valence-corrected chi connectivity index (χ0v) is 40.8. The van der Waals surface area contributed by atoms with Crippen molar-refractivity contribution in [1.29, 1.82) is 0 Å². The molecule has 0 aliphatic heterocycles. The molecule has 0 aliphatic rings. The largest absolute Gasteiger partial charge is 0.756 e. The maximum Gasteiger partial charge on any atom is 0.268 e. The molecule has 352 valence electrons. The van der Waals surface area contributed by atoms with Gasteiger partial charge in [-0.15, -0.1) is 0 Å². The number of nitrogens with zero attached hydrogens (tertiary/aromatic N) is 1. The van der Waals surface area contributed by atoms with Crippen LogP contribution in [0.3, 0.4) is 0 Å². The second-order valence-electron chi connectivity index (χ2n) is 18.1.